The average molecular weight is 819 g/mol. The molecule has 6 N–H and O–H groups in total. The van der Waals surface area contributed by atoms with Crippen LogP contribution in [0.3, 0.4) is 0 Å². The molecule has 0 radical (unpaired) electrons. The number of aliphatic hydroxyl groups is 5. The number of phosphoric acid groups is 1. The lowest BCUT2D eigenvalue weighted by Crippen LogP contribution is -2.64. The number of hydrogen-bond donors (Lipinski definition) is 6. The predicted molar refractivity (Wildman–Crippen MR) is 221 cm³/mol. The summed E-state index contributed by atoms with van der Waals surface area (Å²) < 4.78 is 34.0. The molecule has 1 aliphatic rings. The van der Waals surface area contributed by atoms with Crippen LogP contribution >= 0.6 is 7.82 Å². The highest BCUT2D eigenvalue weighted by Gasteiger charge is 2.51. The topological polar surface area (TPSA) is 192 Å². The third kappa shape index (κ3) is 26.5. The van der Waals surface area contributed by atoms with E-state index in [1.807, 2.05) is 0 Å². The molecule has 0 bridgehead atoms. The monoisotopic (exact) mass is 819 g/mol. The minimum atomic E-state index is -5.01. The first-order chi connectivity index (χ1) is 27.0. The first kappa shape index (κ1) is 52.6. The van der Waals surface area contributed by atoms with E-state index in [-0.39, 0.29) is 13.0 Å². The summed E-state index contributed by atoms with van der Waals surface area (Å²) in [7, 11) is -5.01. The SMILES string of the molecule is CCC/C=C\CCCCCCCC(=O)OC(COCCCCCCCCCC/C=C\C/C=C\CCCCCC)COP(=O)(O)OC1C(O)C(O)C(O)C(O)C1O. The predicted octanol–water partition coefficient (Wildman–Crippen LogP) is 8.31. The lowest BCUT2D eigenvalue weighted by atomic mass is 9.85. The third-order valence-corrected chi connectivity index (χ3v) is 11.0. The Morgan fingerprint density at radius 3 is 1.59 bits per heavy atom. The maximum atomic E-state index is 12.8. The number of hydrogen-bond acceptors (Lipinski definition) is 11. The standard InChI is InChI=1S/C43H79O12P/c1-3-5-7-9-11-13-15-16-17-18-19-20-21-22-23-25-27-29-31-33-52-34-36(54-37(44)32-30-28-26-24-14-12-10-8-6-4-2)35-53-56(50,51)55-43-41(48)39(46)38(45)40(47)42(43)49/h8,10,13,15,17-18,36,38-43,45-49H,3-7,9,11-12,14,16,19-35H2,1-2H3,(H,50,51)/b10-8-,15-13-,18-17-. The summed E-state index contributed by atoms with van der Waals surface area (Å²) in [6.07, 6.45) is 26.6. The molecule has 0 saturated heterocycles. The Morgan fingerprint density at radius 2 is 1.04 bits per heavy atom. The fraction of sp³-hybridized carbons (Fsp3) is 0.837. The van der Waals surface area contributed by atoms with Crippen molar-refractivity contribution in [2.24, 2.45) is 0 Å². The number of phosphoric ester groups is 1. The van der Waals surface area contributed by atoms with E-state index in [9.17, 15) is 39.8 Å². The Kier molecular flexibility index (Phi) is 32.3. The highest BCUT2D eigenvalue weighted by molar-refractivity contribution is 7.47. The van der Waals surface area contributed by atoms with Gasteiger partial charge in [-0.1, -0.05) is 134 Å². The molecule has 328 valence electrons. The molecule has 0 amide bonds. The summed E-state index contributed by atoms with van der Waals surface area (Å²) in [5.74, 6) is -0.492. The summed E-state index contributed by atoms with van der Waals surface area (Å²) in [5, 5.41) is 50.0. The molecule has 0 spiro atoms. The van der Waals surface area contributed by atoms with Crippen molar-refractivity contribution in [3.8, 4) is 0 Å². The van der Waals surface area contributed by atoms with E-state index in [2.05, 4.69) is 50.3 Å². The van der Waals surface area contributed by atoms with E-state index in [1.54, 1.807) is 0 Å². The van der Waals surface area contributed by atoms with Crippen LogP contribution in [0.15, 0.2) is 36.5 Å². The largest absolute Gasteiger partial charge is 0.472 e. The van der Waals surface area contributed by atoms with Crippen molar-refractivity contribution >= 4 is 13.8 Å². The molecule has 12 nitrogen and oxygen atoms in total. The van der Waals surface area contributed by atoms with Crippen molar-refractivity contribution in [2.75, 3.05) is 19.8 Å². The second-order valence-corrected chi connectivity index (χ2v) is 16.6. The summed E-state index contributed by atoms with van der Waals surface area (Å²) >= 11 is 0. The van der Waals surface area contributed by atoms with E-state index in [0.717, 1.165) is 83.5 Å². The average Bonchev–Trinajstić information content (AvgIpc) is 3.18. The van der Waals surface area contributed by atoms with Gasteiger partial charge in [0.15, 0.2) is 0 Å². The molecule has 0 aromatic carbocycles. The van der Waals surface area contributed by atoms with E-state index < -0.39 is 63.1 Å². The number of aliphatic hydroxyl groups excluding tert-OH is 5. The molecular weight excluding hydrogens is 739 g/mol. The van der Waals surface area contributed by atoms with Crippen molar-refractivity contribution in [1.82, 2.24) is 0 Å². The fourth-order valence-electron chi connectivity index (χ4n) is 6.45. The Labute approximate surface area is 338 Å². The number of rotatable bonds is 36. The quantitative estimate of drug-likeness (QED) is 0.0154. The van der Waals surface area contributed by atoms with Crippen molar-refractivity contribution in [3.05, 3.63) is 36.5 Å². The Hall–Kier alpha value is -1.44. The molecule has 1 rings (SSSR count). The van der Waals surface area contributed by atoms with Crippen LogP contribution in [-0.4, -0.2) is 98.9 Å². The summed E-state index contributed by atoms with van der Waals surface area (Å²) in [6, 6.07) is 0. The molecule has 1 fully saturated rings. The van der Waals surface area contributed by atoms with Crippen LogP contribution in [0.5, 0.6) is 0 Å². The maximum absolute atomic E-state index is 12.8. The molecule has 0 aromatic heterocycles. The molecule has 6 atom stereocenters. The van der Waals surface area contributed by atoms with Gasteiger partial charge in [0.25, 0.3) is 0 Å². The minimum Gasteiger partial charge on any atom is -0.457 e. The van der Waals surface area contributed by atoms with Crippen molar-refractivity contribution < 1.29 is 58.3 Å². The highest BCUT2D eigenvalue weighted by Crippen LogP contribution is 2.47. The van der Waals surface area contributed by atoms with Crippen LogP contribution < -0.4 is 0 Å². The molecule has 56 heavy (non-hydrogen) atoms. The van der Waals surface area contributed by atoms with Crippen LogP contribution in [0.1, 0.15) is 168 Å². The zero-order chi connectivity index (χ0) is 41.3. The van der Waals surface area contributed by atoms with Crippen LogP contribution in [0, 0.1) is 0 Å². The van der Waals surface area contributed by atoms with E-state index in [1.165, 1.54) is 57.8 Å². The molecule has 6 unspecified atom stereocenters. The number of carbonyl (C=O) groups excluding carboxylic acids is 1. The Bertz CT molecular complexity index is 1070. The molecule has 0 aliphatic heterocycles. The van der Waals surface area contributed by atoms with E-state index in [4.69, 9.17) is 18.5 Å². The van der Waals surface area contributed by atoms with Crippen molar-refractivity contribution in [1.29, 1.82) is 0 Å². The normalized spacial score (nSPS) is 23.4. The van der Waals surface area contributed by atoms with Gasteiger partial charge in [-0.3, -0.25) is 13.8 Å². The van der Waals surface area contributed by atoms with Gasteiger partial charge in [0.2, 0.25) is 0 Å². The third-order valence-electron chi connectivity index (χ3n) is 9.97. The van der Waals surface area contributed by atoms with Crippen molar-refractivity contribution in [3.63, 3.8) is 0 Å². The Morgan fingerprint density at radius 1 is 0.571 bits per heavy atom. The number of esters is 1. The second kappa shape index (κ2) is 34.4. The molecule has 1 aliphatic carbocycles. The molecular formula is C43H79O12P. The number of ether oxygens (including phenoxy) is 2. The van der Waals surface area contributed by atoms with Gasteiger partial charge in [-0.2, -0.15) is 0 Å². The van der Waals surface area contributed by atoms with Crippen LogP contribution in [0.4, 0.5) is 0 Å². The zero-order valence-electron chi connectivity index (χ0n) is 34.7. The summed E-state index contributed by atoms with van der Waals surface area (Å²) in [6.45, 7) is 4.14. The lowest BCUT2D eigenvalue weighted by Gasteiger charge is -2.41. The smallest absolute Gasteiger partial charge is 0.457 e. The van der Waals surface area contributed by atoms with Gasteiger partial charge in [-0.25, -0.2) is 4.57 Å². The summed E-state index contributed by atoms with van der Waals surface area (Å²) in [5.41, 5.74) is 0. The van der Waals surface area contributed by atoms with Crippen LogP contribution in [0.2, 0.25) is 0 Å². The maximum Gasteiger partial charge on any atom is 0.472 e. The highest BCUT2D eigenvalue weighted by atomic mass is 31.2. The second-order valence-electron chi connectivity index (χ2n) is 15.2. The number of carbonyl (C=O) groups is 1. The molecule has 0 aromatic rings. The van der Waals surface area contributed by atoms with Gasteiger partial charge >= 0.3 is 13.8 Å². The van der Waals surface area contributed by atoms with Gasteiger partial charge in [0.1, 0.15) is 42.7 Å². The number of allylic oxidation sites excluding steroid dienone is 6. The first-order valence-electron chi connectivity index (χ1n) is 21.8. The number of unbranched alkanes of at least 4 members (excludes halogenated alkanes) is 18. The fourth-order valence-corrected chi connectivity index (χ4v) is 7.42. The first-order valence-corrected chi connectivity index (χ1v) is 23.3. The zero-order valence-corrected chi connectivity index (χ0v) is 35.6. The van der Waals surface area contributed by atoms with E-state index in [0.29, 0.717) is 13.0 Å². The van der Waals surface area contributed by atoms with E-state index >= 15 is 0 Å². The van der Waals surface area contributed by atoms with Gasteiger partial charge in [0.05, 0.1) is 13.2 Å². The van der Waals surface area contributed by atoms with Crippen LogP contribution in [-0.2, 0) is 27.9 Å². The Balaban J connectivity index is 2.38. The van der Waals surface area contributed by atoms with Gasteiger partial charge < -0.3 is 39.9 Å². The lowest BCUT2D eigenvalue weighted by molar-refractivity contribution is -0.220. The van der Waals surface area contributed by atoms with Crippen molar-refractivity contribution in [2.45, 2.75) is 211 Å². The molecule has 0 heterocycles. The van der Waals surface area contributed by atoms with Crippen LogP contribution in [0.25, 0.3) is 0 Å². The van der Waals surface area contributed by atoms with Gasteiger partial charge in [-0.15, -0.1) is 0 Å². The van der Waals surface area contributed by atoms with Gasteiger partial charge in [0, 0.05) is 13.0 Å². The minimum absolute atomic E-state index is 0.0840. The molecule has 13 heteroatoms. The summed E-state index contributed by atoms with van der Waals surface area (Å²) in [4.78, 5) is 23.0. The molecule has 1 saturated carbocycles. The van der Waals surface area contributed by atoms with Gasteiger partial charge in [-0.05, 0) is 64.2 Å².